The average Bonchev–Trinajstić information content (AvgIpc) is 2.39. The number of rotatable bonds is 3. The molecule has 0 amide bonds. The van der Waals surface area contributed by atoms with E-state index in [0.29, 0.717) is 0 Å². The summed E-state index contributed by atoms with van der Waals surface area (Å²) in [4.78, 5) is 0. The molecule has 0 radical (unpaired) electrons. The third-order valence-electron chi connectivity index (χ3n) is 2.76. The molecule has 0 heterocycles. The molecule has 18 heavy (non-hydrogen) atoms. The van der Waals surface area contributed by atoms with Gasteiger partial charge in [-0.1, -0.05) is 28.1 Å². The van der Waals surface area contributed by atoms with Gasteiger partial charge in [0.25, 0.3) is 0 Å². The van der Waals surface area contributed by atoms with Crippen LogP contribution in [0.1, 0.15) is 17.2 Å². The number of ether oxygens (including phenoxy) is 1. The molecule has 1 atom stereocenters. The molecule has 2 N–H and O–H groups in total. The van der Waals surface area contributed by atoms with Gasteiger partial charge in [-0.15, -0.1) is 0 Å². The normalized spacial score (nSPS) is 12.2. The van der Waals surface area contributed by atoms with Gasteiger partial charge < -0.3 is 10.5 Å². The van der Waals surface area contributed by atoms with Crippen molar-refractivity contribution in [2.24, 2.45) is 5.73 Å². The van der Waals surface area contributed by atoms with Crippen LogP contribution in [0.5, 0.6) is 5.75 Å². The van der Waals surface area contributed by atoms with E-state index >= 15 is 0 Å². The number of benzene rings is 2. The molecule has 0 fully saturated rings. The van der Waals surface area contributed by atoms with Gasteiger partial charge in [0.05, 0.1) is 13.2 Å². The first-order valence-corrected chi connectivity index (χ1v) is 6.25. The molecule has 0 saturated carbocycles. The molecule has 1 unspecified atom stereocenters. The molecule has 0 bridgehead atoms. The Labute approximate surface area is 114 Å². The zero-order valence-electron chi connectivity index (χ0n) is 9.86. The maximum Gasteiger partial charge on any atom is 0.124 e. The van der Waals surface area contributed by atoms with E-state index in [-0.39, 0.29) is 11.9 Å². The van der Waals surface area contributed by atoms with Crippen molar-refractivity contribution in [1.29, 1.82) is 0 Å². The van der Waals surface area contributed by atoms with Crippen molar-refractivity contribution in [3.05, 3.63) is 63.9 Å². The highest BCUT2D eigenvalue weighted by molar-refractivity contribution is 9.10. The Morgan fingerprint density at radius 1 is 1.17 bits per heavy atom. The molecule has 2 aromatic rings. The number of halogens is 2. The summed E-state index contributed by atoms with van der Waals surface area (Å²) in [5.41, 5.74) is 7.89. The fraction of sp³-hybridized carbons (Fsp3) is 0.143. The Balaban J connectivity index is 2.41. The topological polar surface area (TPSA) is 35.2 Å². The molecule has 94 valence electrons. The van der Waals surface area contributed by atoms with Crippen LogP contribution in [0.4, 0.5) is 4.39 Å². The number of nitrogens with two attached hydrogens (primary N) is 1. The molecule has 4 heteroatoms. The molecule has 2 aromatic carbocycles. The van der Waals surface area contributed by atoms with E-state index in [1.807, 2.05) is 18.2 Å². The van der Waals surface area contributed by atoms with Gasteiger partial charge in [0.1, 0.15) is 11.6 Å². The molecule has 0 aliphatic carbocycles. The smallest absolute Gasteiger partial charge is 0.124 e. The first kappa shape index (κ1) is 13.1. The Hall–Kier alpha value is -1.39. The Kier molecular flexibility index (Phi) is 3.99. The molecule has 0 aliphatic heterocycles. The predicted molar refractivity (Wildman–Crippen MR) is 73.1 cm³/mol. The third kappa shape index (κ3) is 2.71. The third-order valence-corrected chi connectivity index (χ3v) is 3.25. The lowest BCUT2D eigenvalue weighted by Gasteiger charge is -2.16. The predicted octanol–water partition coefficient (Wildman–Crippen LogP) is 3.64. The summed E-state index contributed by atoms with van der Waals surface area (Å²) in [5.74, 6) is 0.446. The summed E-state index contributed by atoms with van der Waals surface area (Å²) in [6, 6.07) is 11.5. The largest absolute Gasteiger partial charge is 0.496 e. The van der Waals surface area contributed by atoms with Crippen molar-refractivity contribution >= 4 is 15.9 Å². The summed E-state index contributed by atoms with van der Waals surface area (Å²) in [6.45, 7) is 0. The van der Waals surface area contributed by atoms with E-state index in [9.17, 15) is 4.39 Å². The minimum atomic E-state index is -0.349. The Bertz CT molecular complexity index is 542. The highest BCUT2D eigenvalue weighted by Crippen LogP contribution is 2.30. The van der Waals surface area contributed by atoms with Crippen molar-refractivity contribution in [1.82, 2.24) is 0 Å². The van der Waals surface area contributed by atoms with Gasteiger partial charge in [-0.2, -0.15) is 0 Å². The van der Waals surface area contributed by atoms with Crippen LogP contribution in [0.2, 0.25) is 0 Å². The van der Waals surface area contributed by atoms with Gasteiger partial charge in [0.15, 0.2) is 0 Å². The summed E-state index contributed by atoms with van der Waals surface area (Å²) in [7, 11) is 1.60. The second-order valence-corrected chi connectivity index (χ2v) is 4.83. The van der Waals surface area contributed by atoms with Crippen LogP contribution in [0, 0.1) is 5.82 Å². The minimum Gasteiger partial charge on any atom is -0.496 e. The van der Waals surface area contributed by atoms with Crippen LogP contribution in [0.15, 0.2) is 46.9 Å². The lowest BCUT2D eigenvalue weighted by molar-refractivity contribution is 0.407. The van der Waals surface area contributed by atoms with Gasteiger partial charge in [-0.05, 0) is 35.9 Å². The van der Waals surface area contributed by atoms with Crippen molar-refractivity contribution in [3.8, 4) is 5.75 Å². The zero-order chi connectivity index (χ0) is 13.1. The molecule has 0 saturated heterocycles. The molecule has 0 spiro atoms. The molecule has 0 aliphatic rings. The van der Waals surface area contributed by atoms with Gasteiger partial charge >= 0.3 is 0 Å². The van der Waals surface area contributed by atoms with Crippen molar-refractivity contribution in [3.63, 3.8) is 0 Å². The Morgan fingerprint density at radius 3 is 2.44 bits per heavy atom. The lowest BCUT2D eigenvalue weighted by atomic mass is 9.99. The number of hydrogen-bond acceptors (Lipinski definition) is 2. The second kappa shape index (κ2) is 5.50. The first-order chi connectivity index (χ1) is 8.61. The fourth-order valence-corrected chi connectivity index (χ4v) is 2.18. The van der Waals surface area contributed by atoms with E-state index in [2.05, 4.69) is 15.9 Å². The first-order valence-electron chi connectivity index (χ1n) is 5.46. The van der Waals surface area contributed by atoms with Crippen LogP contribution < -0.4 is 10.5 Å². The molecular formula is C14H13BrFNO. The van der Waals surface area contributed by atoms with Gasteiger partial charge in [-0.25, -0.2) is 4.39 Å². The number of methoxy groups -OCH3 is 1. The fourth-order valence-electron chi connectivity index (χ4n) is 1.80. The summed E-state index contributed by atoms with van der Waals surface area (Å²) in [6.07, 6.45) is 0. The van der Waals surface area contributed by atoms with Crippen LogP contribution in [-0.4, -0.2) is 7.11 Å². The molecular weight excluding hydrogens is 297 g/mol. The van der Waals surface area contributed by atoms with Crippen LogP contribution >= 0.6 is 15.9 Å². The number of hydrogen-bond donors (Lipinski definition) is 1. The minimum absolute atomic E-state index is 0.271. The van der Waals surface area contributed by atoms with E-state index in [1.165, 1.54) is 12.1 Å². The van der Waals surface area contributed by atoms with Crippen molar-refractivity contribution in [2.45, 2.75) is 6.04 Å². The highest BCUT2D eigenvalue weighted by Gasteiger charge is 2.14. The van der Waals surface area contributed by atoms with E-state index in [1.54, 1.807) is 19.2 Å². The van der Waals surface area contributed by atoms with Gasteiger partial charge in [0, 0.05) is 10.0 Å². The van der Waals surface area contributed by atoms with Gasteiger partial charge in [0.2, 0.25) is 0 Å². The maximum atomic E-state index is 12.9. The van der Waals surface area contributed by atoms with Crippen LogP contribution in [-0.2, 0) is 0 Å². The lowest BCUT2D eigenvalue weighted by Crippen LogP contribution is -2.13. The Morgan fingerprint density at radius 2 is 1.83 bits per heavy atom. The summed E-state index contributed by atoms with van der Waals surface area (Å²) < 4.78 is 19.1. The highest BCUT2D eigenvalue weighted by atomic mass is 79.9. The second-order valence-electron chi connectivity index (χ2n) is 3.92. The zero-order valence-corrected chi connectivity index (χ0v) is 11.4. The maximum absolute atomic E-state index is 12.9. The quantitative estimate of drug-likeness (QED) is 0.939. The monoisotopic (exact) mass is 309 g/mol. The van der Waals surface area contributed by atoms with E-state index < -0.39 is 0 Å². The van der Waals surface area contributed by atoms with E-state index in [4.69, 9.17) is 10.5 Å². The molecule has 0 aromatic heterocycles. The van der Waals surface area contributed by atoms with Gasteiger partial charge in [-0.3, -0.25) is 0 Å². The standard InChI is InChI=1S/C14H13BrFNO/c1-18-13-7-4-10(15)8-12(13)14(17)9-2-5-11(16)6-3-9/h2-8,14H,17H2,1H3. The summed E-state index contributed by atoms with van der Waals surface area (Å²) in [5, 5.41) is 0. The molecule has 2 nitrogen and oxygen atoms in total. The average molecular weight is 310 g/mol. The molecule has 2 rings (SSSR count). The van der Waals surface area contributed by atoms with Crippen molar-refractivity contribution in [2.75, 3.05) is 7.11 Å². The van der Waals surface area contributed by atoms with Crippen LogP contribution in [0.25, 0.3) is 0 Å². The van der Waals surface area contributed by atoms with Crippen LogP contribution in [0.3, 0.4) is 0 Å². The summed E-state index contributed by atoms with van der Waals surface area (Å²) >= 11 is 3.41. The SMILES string of the molecule is COc1ccc(Br)cc1C(N)c1ccc(F)cc1. The van der Waals surface area contributed by atoms with Crippen molar-refractivity contribution < 1.29 is 9.13 Å². The van der Waals surface area contributed by atoms with E-state index in [0.717, 1.165) is 21.3 Å².